The highest BCUT2D eigenvalue weighted by Gasteiger charge is 2.17. The molecule has 166 valence electrons. The van der Waals surface area contributed by atoms with E-state index in [1.807, 2.05) is 12.1 Å². The number of ether oxygens (including phenoxy) is 2. The van der Waals surface area contributed by atoms with Crippen LogP contribution in [-0.4, -0.2) is 30.6 Å². The SMILES string of the molecule is COc1ccc(-c2cc(C(=O)OCC(=O)Nc3ccc(F)cc3F)c3ccccc3n2)cc1. The average Bonchev–Trinajstić information content (AvgIpc) is 2.83. The number of hydrogen-bond acceptors (Lipinski definition) is 5. The molecule has 4 aromatic rings. The Morgan fingerprint density at radius 1 is 0.970 bits per heavy atom. The number of nitrogens with one attached hydrogen (secondary N) is 1. The number of carbonyl (C=O) groups excluding carboxylic acids is 2. The minimum Gasteiger partial charge on any atom is -0.497 e. The van der Waals surface area contributed by atoms with E-state index in [0.29, 0.717) is 28.4 Å². The van der Waals surface area contributed by atoms with Gasteiger partial charge in [0.1, 0.15) is 17.4 Å². The van der Waals surface area contributed by atoms with Crippen LogP contribution in [0.4, 0.5) is 14.5 Å². The third kappa shape index (κ3) is 4.95. The third-order valence-corrected chi connectivity index (χ3v) is 4.86. The van der Waals surface area contributed by atoms with E-state index in [9.17, 15) is 18.4 Å². The molecule has 0 saturated heterocycles. The summed E-state index contributed by atoms with van der Waals surface area (Å²) < 4.78 is 37.1. The molecule has 1 heterocycles. The van der Waals surface area contributed by atoms with E-state index < -0.39 is 30.1 Å². The van der Waals surface area contributed by atoms with Gasteiger partial charge in [-0.3, -0.25) is 4.79 Å². The standard InChI is InChI=1S/C25H18F2N2O4/c1-32-17-9-6-15(7-10-17)23-13-19(18-4-2-3-5-21(18)28-23)25(31)33-14-24(30)29-22-11-8-16(26)12-20(22)27/h2-13H,14H2,1H3,(H,29,30). The van der Waals surface area contributed by atoms with Crippen LogP contribution >= 0.6 is 0 Å². The van der Waals surface area contributed by atoms with Crippen molar-refractivity contribution >= 4 is 28.5 Å². The Hall–Kier alpha value is -4.33. The molecule has 6 nitrogen and oxygen atoms in total. The molecule has 0 aliphatic rings. The van der Waals surface area contributed by atoms with Crippen molar-refractivity contribution in [1.82, 2.24) is 4.98 Å². The molecule has 33 heavy (non-hydrogen) atoms. The highest BCUT2D eigenvalue weighted by Crippen LogP contribution is 2.27. The van der Waals surface area contributed by atoms with Crippen LogP contribution < -0.4 is 10.1 Å². The number of aromatic nitrogens is 1. The summed E-state index contributed by atoms with van der Waals surface area (Å²) in [5.74, 6) is -2.52. The van der Waals surface area contributed by atoms with Gasteiger partial charge < -0.3 is 14.8 Å². The predicted molar refractivity (Wildman–Crippen MR) is 119 cm³/mol. The molecule has 3 aromatic carbocycles. The summed E-state index contributed by atoms with van der Waals surface area (Å²) in [6, 6.07) is 18.6. The summed E-state index contributed by atoms with van der Waals surface area (Å²) in [7, 11) is 1.57. The quantitative estimate of drug-likeness (QED) is 0.421. The molecule has 1 amide bonds. The number of fused-ring (bicyclic) bond motifs is 1. The molecular formula is C25H18F2N2O4. The fourth-order valence-electron chi connectivity index (χ4n) is 3.24. The lowest BCUT2D eigenvalue weighted by atomic mass is 10.0. The van der Waals surface area contributed by atoms with E-state index in [0.717, 1.165) is 17.7 Å². The van der Waals surface area contributed by atoms with E-state index >= 15 is 0 Å². The summed E-state index contributed by atoms with van der Waals surface area (Å²) in [4.78, 5) is 29.6. The number of esters is 1. The average molecular weight is 448 g/mol. The van der Waals surface area contributed by atoms with Gasteiger partial charge in [0.2, 0.25) is 0 Å². The van der Waals surface area contributed by atoms with Crippen LogP contribution in [0.15, 0.2) is 72.8 Å². The van der Waals surface area contributed by atoms with Crippen molar-refractivity contribution in [2.24, 2.45) is 0 Å². The van der Waals surface area contributed by atoms with Gasteiger partial charge in [0.15, 0.2) is 6.61 Å². The first-order valence-electron chi connectivity index (χ1n) is 9.91. The van der Waals surface area contributed by atoms with Gasteiger partial charge in [-0.25, -0.2) is 18.6 Å². The van der Waals surface area contributed by atoms with E-state index in [-0.39, 0.29) is 11.3 Å². The first kappa shape index (κ1) is 21.9. The molecule has 0 aliphatic heterocycles. The number of amides is 1. The first-order valence-corrected chi connectivity index (χ1v) is 9.91. The maximum atomic E-state index is 13.7. The summed E-state index contributed by atoms with van der Waals surface area (Å²) in [5, 5.41) is 2.81. The number of rotatable bonds is 6. The van der Waals surface area contributed by atoms with Crippen LogP contribution in [-0.2, 0) is 9.53 Å². The maximum Gasteiger partial charge on any atom is 0.339 e. The molecule has 0 bridgehead atoms. The number of anilines is 1. The van der Waals surface area contributed by atoms with Gasteiger partial charge >= 0.3 is 5.97 Å². The normalized spacial score (nSPS) is 10.6. The van der Waals surface area contributed by atoms with Crippen molar-refractivity contribution in [2.45, 2.75) is 0 Å². The molecule has 1 aromatic heterocycles. The minimum absolute atomic E-state index is 0.214. The van der Waals surface area contributed by atoms with Crippen molar-refractivity contribution < 1.29 is 27.8 Å². The molecule has 0 fully saturated rings. The molecule has 0 saturated carbocycles. The van der Waals surface area contributed by atoms with Crippen LogP contribution in [0.1, 0.15) is 10.4 Å². The van der Waals surface area contributed by atoms with Crippen molar-refractivity contribution in [3.63, 3.8) is 0 Å². The second-order valence-corrected chi connectivity index (χ2v) is 7.05. The summed E-state index contributed by atoms with van der Waals surface area (Å²) >= 11 is 0. The number of para-hydroxylation sites is 1. The highest BCUT2D eigenvalue weighted by atomic mass is 19.1. The van der Waals surface area contributed by atoms with E-state index in [2.05, 4.69) is 10.3 Å². The van der Waals surface area contributed by atoms with Gasteiger partial charge in [-0.1, -0.05) is 18.2 Å². The number of halogens is 2. The van der Waals surface area contributed by atoms with E-state index in [1.165, 1.54) is 0 Å². The minimum atomic E-state index is -0.932. The number of nitrogens with zero attached hydrogens (tertiary/aromatic N) is 1. The monoisotopic (exact) mass is 448 g/mol. The van der Waals surface area contributed by atoms with Crippen molar-refractivity contribution in [3.05, 3.63) is 90.0 Å². The third-order valence-electron chi connectivity index (χ3n) is 4.86. The fourth-order valence-corrected chi connectivity index (χ4v) is 3.24. The Kier molecular flexibility index (Phi) is 6.26. The summed E-state index contributed by atoms with van der Waals surface area (Å²) in [5.41, 5.74) is 1.90. The van der Waals surface area contributed by atoms with Gasteiger partial charge in [-0.15, -0.1) is 0 Å². The van der Waals surface area contributed by atoms with E-state index in [4.69, 9.17) is 9.47 Å². The second kappa shape index (κ2) is 9.44. The van der Waals surface area contributed by atoms with Gasteiger partial charge in [0.05, 0.1) is 29.6 Å². The first-order chi connectivity index (χ1) is 15.9. The zero-order chi connectivity index (χ0) is 23.4. The van der Waals surface area contributed by atoms with Crippen molar-refractivity contribution in [3.8, 4) is 17.0 Å². The molecule has 0 spiro atoms. The van der Waals surface area contributed by atoms with Gasteiger partial charge in [-0.05, 0) is 48.5 Å². The smallest absolute Gasteiger partial charge is 0.339 e. The van der Waals surface area contributed by atoms with Crippen LogP contribution in [0, 0.1) is 11.6 Å². The fraction of sp³-hybridized carbons (Fsp3) is 0.0800. The van der Waals surface area contributed by atoms with Crippen molar-refractivity contribution in [2.75, 3.05) is 19.0 Å². The Balaban J connectivity index is 1.56. The largest absolute Gasteiger partial charge is 0.497 e. The zero-order valence-electron chi connectivity index (χ0n) is 17.5. The van der Waals surface area contributed by atoms with Crippen LogP contribution in [0.3, 0.4) is 0 Å². The summed E-state index contributed by atoms with van der Waals surface area (Å²) in [6.07, 6.45) is 0. The van der Waals surface area contributed by atoms with Gasteiger partial charge in [0, 0.05) is 17.0 Å². The molecular weight excluding hydrogens is 430 g/mol. The Labute approximate surface area is 187 Å². The molecule has 0 aliphatic carbocycles. The number of carbonyl (C=O) groups is 2. The number of hydrogen-bond donors (Lipinski definition) is 1. The molecule has 0 atom stereocenters. The maximum absolute atomic E-state index is 13.7. The van der Waals surface area contributed by atoms with Crippen LogP contribution in [0.2, 0.25) is 0 Å². The Bertz CT molecular complexity index is 1340. The summed E-state index contributed by atoms with van der Waals surface area (Å²) in [6.45, 7) is -0.649. The molecule has 4 rings (SSSR count). The highest BCUT2D eigenvalue weighted by molar-refractivity contribution is 6.05. The number of benzene rings is 3. The molecule has 0 radical (unpaired) electrons. The van der Waals surface area contributed by atoms with Gasteiger partial charge in [-0.2, -0.15) is 0 Å². The van der Waals surface area contributed by atoms with E-state index in [1.54, 1.807) is 49.6 Å². The zero-order valence-corrected chi connectivity index (χ0v) is 17.5. The van der Waals surface area contributed by atoms with Crippen molar-refractivity contribution in [1.29, 1.82) is 0 Å². The second-order valence-electron chi connectivity index (χ2n) is 7.05. The Morgan fingerprint density at radius 3 is 2.45 bits per heavy atom. The lowest BCUT2D eigenvalue weighted by molar-refractivity contribution is -0.119. The topological polar surface area (TPSA) is 77.5 Å². The molecule has 0 unspecified atom stereocenters. The van der Waals surface area contributed by atoms with Crippen LogP contribution in [0.5, 0.6) is 5.75 Å². The number of methoxy groups -OCH3 is 1. The molecule has 8 heteroatoms. The lowest BCUT2D eigenvalue weighted by Crippen LogP contribution is -2.21. The van der Waals surface area contributed by atoms with Gasteiger partial charge in [0.25, 0.3) is 5.91 Å². The Morgan fingerprint density at radius 2 is 1.73 bits per heavy atom. The number of pyridine rings is 1. The lowest BCUT2D eigenvalue weighted by Gasteiger charge is -2.11. The van der Waals surface area contributed by atoms with Crippen LogP contribution in [0.25, 0.3) is 22.2 Å². The predicted octanol–water partition coefficient (Wildman–Crippen LogP) is 4.98. The molecule has 1 N–H and O–H groups in total.